The number of nitrogens with two attached hydrogens (primary N) is 1. The minimum atomic E-state index is 0. The van der Waals surface area contributed by atoms with Crippen LogP contribution in [0, 0.1) is 11.3 Å². The average Bonchev–Trinajstić information content (AvgIpc) is 2.37. The molecule has 0 saturated carbocycles. The van der Waals surface area contributed by atoms with Crippen molar-refractivity contribution in [2.45, 2.75) is 6.42 Å². The lowest BCUT2D eigenvalue weighted by molar-refractivity contribution is 0.950. The lowest BCUT2D eigenvalue weighted by Crippen LogP contribution is -2.01. The topological polar surface area (TPSA) is 62.7 Å². The Labute approximate surface area is 75.3 Å². The lowest BCUT2D eigenvalue weighted by Gasteiger charge is -1.85. The van der Waals surface area contributed by atoms with Gasteiger partial charge in [-0.05, 0) is 6.54 Å². The third-order valence-corrected chi connectivity index (χ3v) is 1.93. The Morgan fingerprint density at radius 1 is 1.73 bits per heavy atom. The fourth-order valence-corrected chi connectivity index (χ4v) is 1.34. The Bertz CT molecular complexity index is 253. The first kappa shape index (κ1) is 10.4. The Morgan fingerprint density at radius 3 is 2.91 bits per heavy atom. The summed E-state index contributed by atoms with van der Waals surface area (Å²) in [6.45, 7) is 0.596. The van der Waals surface area contributed by atoms with Crippen molar-refractivity contribution in [3.8, 4) is 6.07 Å². The van der Waals surface area contributed by atoms with Gasteiger partial charge >= 0.3 is 0 Å². The molecule has 0 aliphatic heterocycles. The molecule has 1 aromatic heterocycles. The van der Waals surface area contributed by atoms with Gasteiger partial charge in [0, 0.05) is 11.8 Å². The van der Waals surface area contributed by atoms with E-state index in [1.165, 1.54) is 11.3 Å². The van der Waals surface area contributed by atoms with Crippen molar-refractivity contribution in [1.29, 1.82) is 5.26 Å². The Hall–Kier alpha value is -0.630. The van der Waals surface area contributed by atoms with Gasteiger partial charge in [0.2, 0.25) is 0 Å². The van der Waals surface area contributed by atoms with Crippen LogP contribution >= 0.6 is 23.7 Å². The summed E-state index contributed by atoms with van der Waals surface area (Å²) in [5, 5.41) is 11.1. The number of nitrogens with zero attached hydrogens (tertiary/aromatic N) is 2. The minimum absolute atomic E-state index is 0. The third kappa shape index (κ3) is 2.85. The predicted octanol–water partition coefficient (Wildman–Crippen LogP) is 0.938. The zero-order valence-corrected chi connectivity index (χ0v) is 7.41. The normalized spacial score (nSPS) is 8.36. The van der Waals surface area contributed by atoms with Crippen LogP contribution in [0.25, 0.3) is 0 Å². The molecule has 0 aliphatic rings. The maximum atomic E-state index is 8.38. The van der Waals surface area contributed by atoms with Crippen molar-refractivity contribution in [3.63, 3.8) is 0 Å². The summed E-state index contributed by atoms with van der Waals surface area (Å²) in [6, 6.07) is 1.96. The number of halogens is 1. The summed E-state index contributed by atoms with van der Waals surface area (Å²) in [5.41, 5.74) is 5.79. The number of hydrogen-bond donors (Lipinski definition) is 1. The molecule has 0 aliphatic carbocycles. The number of thiazole rings is 1. The largest absolute Gasteiger partial charge is 0.330 e. The minimum Gasteiger partial charge on any atom is -0.330 e. The van der Waals surface area contributed by atoms with Crippen molar-refractivity contribution in [3.05, 3.63) is 16.1 Å². The summed E-state index contributed by atoms with van der Waals surface area (Å²) in [7, 11) is 0. The van der Waals surface area contributed by atoms with Crippen molar-refractivity contribution >= 4 is 23.7 Å². The molecule has 11 heavy (non-hydrogen) atoms. The molecule has 0 saturated heterocycles. The Morgan fingerprint density at radius 2 is 2.45 bits per heavy atom. The Kier molecular flexibility index (Phi) is 4.79. The molecule has 0 unspecified atom stereocenters. The van der Waals surface area contributed by atoms with Crippen LogP contribution in [0.1, 0.15) is 10.7 Å². The monoisotopic (exact) mass is 189 g/mol. The first-order valence-electron chi connectivity index (χ1n) is 2.91. The summed E-state index contributed by atoms with van der Waals surface area (Å²) >= 11 is 1.49. The highest BCUT2D eigenvalue weighted by atomic mass is 35.5. The van der Waals surface area contributed by atoms with Crippen LogP contribution in [-0.2, 0) is 6.42 Å². The zero-order chi connectivity index (χ0) is 7.40. The van der Waals surface area contributed by atoms with Crippen LogP contribution in [0.3, 0.4) is 0 Å². The quantitative estimate of drug-likeness (QED) is 0.753. The molecular weight excluding hydrogens is 182 g/mol. The van der Waals surface area contributed by atoms with E-state index in [9.17, 15) is 0 Å². The maximum Gasteiger partial charge on any atom is 0.151 e. The lowest BCUT2D eigenvalue weighted by atomic mass is 10.4. The van der Waals surface area contributed by atoms with Crippen molar-refractivity contribution < 1.29 is 0 Å². The number of hydrogen-bond acceptors (Lipinski definition) is 4. The molecule has 0 aromatic carbocycles. The first-order chi connectivity index (χ1) is 4.86. The van der Waals surface area contributed by atoms with Gasteiger partial charge in [-0.25, -0.2) is 4.98 Å². The van der Waals surface area contributed by atoms with Gasteiger partial charge in [0.1, 0.15) is 6.07 Å². The van der Waals surface area contributed by atoms with Gasteiger partial charge in [-0.3, -0.25) is 0 Å². The fraction of sp³-hybridized carbons (Fsp3) is 0.333. The summed E-state index contributed by atoms with van der Waals surface area (Å²) in [4.78, 5) is 4.00. The van der Waals surface area contributed by atoms with E-state index in [0.29, 0.717) is 12.2 Å². The van der Waals surface area contributed by atoms with Gasteiger partial charge < -0.3 is 5.73 Å². The van der Waals surface area contributed by atoms with Gasteiger partial charge in [0.25, 0.3) is 0 Å². The molecular formula is C6H8ClN3S. The highest BCUT2D eigenvalue weighted by molar-refractivity contribution is 7.09. The van der Waals surface area contributed by atoms with E-state index in [2.05, 4.69) is 4.98 Å². The highest BCUT2D eigenvalue weighted by Crippen LogP contribution is 2.08. The van der Waals surface area contributed by atoms with Crippen LogP contribution in [0.4, 0.5) is 0 Å². The van der Waals surface area contributed by atoms with Crippen LogP contribution < -0.4 is 5.73 Å². The van der Waals surface area contributed by atoms with Crippen molar-refractivity contribution in [2.24, 2.45) is 5.73 Å². The molecule has 1 rings (SSSR count). The molecule has 60 valence electrons. The van der Waals surface area contributed by atoms with E-state index in [4.69, 9.17) is 11.0 Å². The zero-order valence-electron chi connectivity index (χ0n) is 5.78. The molecule has 0 spiro atoms. The molecule has 0 amide bonds. The van der Waals surface area contributed by atoms with Gasteiger partial charge in [0.15, 0.2) is 5.69 Å². The number of rotatable bonds is 2. The van der Waals surface area contributed by atoms with E-state index in [0.717, 1.165) is 11.4 Å². The molecule has 0 fully saturated rings. The van der Waals surface area contributed by atoms with Gasteiger partial charge in [-0.15, -0.1) is 23.7 Å². The van der Waals surface area contributed by atoms with Gasteiger partial charge in [-0.2, -0.15) is 5.26 Å². The standard InChI is InChI=1S/C6H7N3S.ClH/c7-2-1-6-9-5(3-8)4-10-6;/h4H,1-2,7H2;1H. The van der Waals surface area contributed by atoms with E-state index >= 15 is 0 Å². The van der Waals surface area contributed by atoms with Gasteiger partial charge in [-0.1, -0.05) is 0 Å². The second-order valence-electron chi connectivity index (χ2n) is 1.78. The molecule has 0 radical (unpaired) electrons. The van der Waals surface area contributed by atoms with E-state index in [1.54, 1.807) is 5.38 Å². The fourth-order valence-electron chi connectivity index (χ4n) is 0.601. The van der Waals surface area contributed by atoms with E-state index in [-0.39, 0.29) is 12.4 Å². The third-order valence-electron chi connectivity index (χ3n) is 1.02. The molecule has 1 heterocycles. The first-order valence-corrected chi connectivity index (χ1v) is 3.79. The molecule has 3 nitrogen and oxygen atoms in total. The summed E-state index contributed by atoms with van der Waals surface area (Å²) in [6.07, 6.45) is 0.770. The van der Waals surface area contributed by atoms with Crippen LogP contribution in [-0.4, -0.2) is 11.5 Å². The van der Waals surface area contributed by atoms with E-state index < -0.39 is 0 Å². The van der Waals surface area contributed by atoms with Crippen molar-refractivity contribution in [1.82, 2.24) is 4.98 Å². The highest BCUT2D eigenvalue weighted by Gasteiger charge is 1.97. The van der Waals surface area contributed by atoms with Crippen molar-refractivity contribution in [2.75, 3.05) is 6.54 Å². The second kappa shape index (κ2) is 5.08. The molecule has 1 aromatic rings. The van der Waals surface area contributed by atoms with Crippen LogP contribution in [0.2, 0.25) is 0 Å². The number of aromatic nitrogens is 1. The van der Waals surface area contributed by atoms with Crippen LogP contribution in [0.15, 0.2) is 5.38 Å². The molecule has 0 atom stereocenters. The predicted molar refractivity (Wildman–Crippen MR) is 46.8 cm³/mol. The Balaban J connectivity index is 0.000001000. The average molecular weight is 190 g/mol. The summed E-state index contributed by atoms with van der Waals surface area (Å²) in [5.74, 6) is 0. The molecule has 0 bridgehead atoms. The summed E-state index contributed by atoms with van der Waals surface area (Å²) < 4.78 is 0. The van der Waals surface area contributed by atoms with Gasteiger partial charge in [0.05, 0.1) is 5.01 Å². The van der Waals surface area contributed by atoms with Crippen LogP contribution in [0.5, 0.6) is 0 Å². The second-order valence-corrected chi connectivity index (χ2v) is 2.72. The van der Waals surface area contributed by atoms with E-state index in [1.807, 2.05) is 6.07 Å². The SMILES string of the molecule is Cl.N#Cc1csc(CCN)n1. The maximum absolute atomic E-state index is 8.38. The molecule has 5 heteroatoms. The molecule has 2 N–H and O–H groups in total. The smallest absolute Gasteiger partial charge is 0.151 e. The number of nitriles is 1.